The number of aromatic nitrogens is 4. The van der Waals surface area contributed by atoms with Gasteiger partial charge in [0.2, 0.25) is 0 Å². The molecule has 6 N–H and O–H groups in total. The fourth-order valence-corrected chi connectivity index (χ4v) is 14.6. The van der Waals surface area contributed by atoms with Crippen LogP contribution in [-0.2, 0) is 13.2 Å². The third-order valence-electron chi connectivity index (χ3n) is 18.9. The summed E-state index contributed by atoms with van der Waals surface area (Å²) >= 11 is 17.0. The van der Waals surface area contributed by atoms with E-state index in [0.717, 1.165) is 104 Å². The van der Waals surface area contributed by atoms with Crippen LogP contribution < -0.4 is 51.8 Å². The zero-order valence-corrected chi connectivity index (χ0v) is 69.8. The van der Waals surface area contributed by atoms with Crippen molar-refractivity contribution in [2.75, 3.05) is 21.3 Å². The number of halogens is 6. The van der Waals surface area contributed by atoms with Gasteiger partial charge in [0.25, 0.3) is 11.1 Å². The molecule has 0 saturated heterocycles. The van der Waals surface area contributed by atoms with Crippen molar-refractivity contribution in [3.05, 3.63) is 250 Å². The standard InChI is InChI=1S/C16H18N2O2.C13H13BrN2O2.C13H16O.C12H14O.C10H11BrO.C9H9BrO.C7H6Br2O.C3H5.BrH.Mg/c19-16-8-14(17-18-16)9-20-15-6-12(10-1-2-10)5-13(7-15)11-3-4-11;14-10-3-9(8-1-2-8)4-12(5-10)18-7-11-6-13(17)16-15-11;1-14-13-7-11(9-2-3-9)6-12(8-13)10-4-5-10;13-12-6-10(8-1-2-8)5-11(7-12)9-3-4-9;1-12-10-5-8(7-2-3-7)4-9(11)6-10;10-8-3-7(6-1-2-6)4-9(11)5-8;1-10-7-3-5(8)2-6(9)4-7;1-2-3-1;;/h5-8,10-11H,1-4,9H2,(H2,17,18,19);3-6,8H,1-2,7H2,(H2,15,16,17);6-10H,2-5H2,1H3;5-9,13H,1-4H2;4-7H,2-3H2,1H3;3-6,11H,1-2H2;2-4H,1H3;1H,2-3H2;1H;/q;;;;;;;-1;;+2/p-1. The molecule has 10 aliphatic rings. The van der Waals surface area contributed by atoms with Gasteiger partial charge in [-0.3, -0.25) is 30.0 Å². The zero-order valence-electron chi connectivity index (χ0n) is 58.8. The molecule has 13 nitrogen and oxygen atoms in total. The van der Waals surface area contributed by atoms with E-state index in [0.29, 0.717) is 36.5 Å². The molecule has 542 valence electrons. The number of aromatic amines is 4. The molecule has 0 bridgehead atoms. The van der Waals surface area contributed by atoms with E-state index in [4.69, 9.17) is 23.7 Å². The second-order valence-corrected chi connectivity index (χ2v) is 33.0. The first-order valence-corrected chi connectivity index (χ1v) is 39.8. The Morgan fingerprint density at radius 3 is 0.816 bits per heavy atom. The number of phenolic OH excluding ortho intramolecular Hbond substituents is 2. The van der Waals surface area contributed by atoms with Crippen molar-refractivity contribution >= 4 is 103 Å². The van der Waals surface area contributed by atoms with Crippen LogP contribution in [-0.4, -0.2) is 75.0 Å². The van der Waals surface area contributed by atoms with Crippen molar-refractivity contribution in [1.29, 1.82) is 0 Å². The van der Waals surface area contributed by atoms with Gasteiger partial charge in [0.05, 0.1) is 32.7 Å². The molecule has 7 aromatic carbocycles. The Labute approximate surface area is 674 Å². The van der Waals surface area contributed by atoms with Gasteiger partial charge < -0.3 is 57.3 Å². The minimum Gasteiger partial charge on any atom is -1.00 e. The average molecular weight is 1790 g/mol. The van der Waals surface area contributed by atoms with E-state index in [1.54, 1.807) is 27.4 Å². The van der Waals surface area contributed by atoms with Gasteiger partial charge in [-0.25, -0.2) is 12.8 Å². The molecule has 103 heavy (non-hydrogen) atoms. The maximum atomic E-state index is 11.1. The monoisotopic (exact) mass is 1790 g/mol. The summed E-state index contributed by atoms with van der Waals surface area (Å²) in [6.45, 7) is 0.760. The number of rotatable bonds is 18. The van der Waals surface area contributed by atoms with Crippen LogP contribution in [0.2, 0.25) is 0 Å². The Morgan fingerprint density at radius 2 is 0.544 bits per heavy atom. The molecule has 10 saturated carbocycles. The third kappa shape index (κ3) is 27.8. The number of benzene rings is 7. The minimum atomic E-state index is -0.137. The van der Waals surface area contributed by atoms with Crippen LogP contribution >= 0.6 is 79.6 Å². The van der Waals surface area contributed by atoms with Gasteiger partial charge in [-0.05, 0) is 328 Å². The molecule has 0 radical (unpaired) electrons. The van der Waals surface area contributed by atoms with Gasteiger partial charge >= 0.3 is 23.1 Å². The number of methoxy groups -OCH3 is 3. The molecule has 19 rings (SSSR count). The number of hydrogen-bond acceptors (Lipinski definition) is 9. The molecule has 20 heteroatoms. The fourth-order valence-electron chi connectivity index (χ4n) is 11.9. The van der Waals surface area contributed by atoms with E-state index >= 15 is 0 Å². The molecule has 9 aromatic rings. The quantitative estimate of drug-likeness (QED) is 0.0359. The first-order chi connectivity index (χ1) is 48.9. The number of nitrogens with one attached hydrogen (secondary N) is 4. The van der Waals surface area contributed by atoms with Crippen LogP contribution in [0.15, 0.2) is 171 Å². The van der Waals surface area contributed by atoms with Crippen LogP contribution in [0.1, 0.15) is 243 Å². The molecule has 0 atom stereocenters. The molecule has 2 heterocycles. The number of aromatic hydroxyl groups is 2. The summed E-state index contributed by atoms with van der Waals surface area (Å²) in [5.74, 6) is 12.3. The van der Waals surface area contributed by atoms with Crippen LogP contribution in [0.3, 0.4) is 0 Å². The minimum absolute atomic E-state index is 0. The number of hydrogen-bond donors (Lipinski definition) is 6. The van der Waals surface area contributed by atoms with E-state index in [-0.39, 0.29) is 51.2 Å². The first-order valence-electron chi connectivity index (χ1n) is 35.9. The molecule has 0 aliphatic heterocycles. The summed E-state index contributed by atoms with van der Waals surface area (Å²) in [7, 11) is 5.12. The smallest absolute Gasteiger partial charge is 1.00 e. The number of ether oxygens (including phenoxy) is 5. The molecular weight excluding hydrogens is 1700 g/mol. The summed E-state index contributed by atoms with van der Waals surface area (Å²) in [5.41, 5.74) is 13.8. The fraction of sp³-hybridized carbons (Fsp3) is 0.410. The van der Waals surface area contributed by atoms with Gasteiger partial charge in [0.1, 0.15) is 53.5 Å². The molecule has 0 spiro atoms. The van der Waals surface area contributed by atoms with Crippen molar-refractivity contribution in [2.24, 2.45) is 0 Å². The van der Waals surface area contributed by atoms with Crippen molar-refractivity contribution in [1.82, 2.24) is 20.4 Å². The van der Waals surface area contributed by atoms with E-state index < -0.39 is 0 Å². The van der Waals surface area contributed by atoms with E-state index in [9.17, 15) is 19.8 Å². The van der Waals surface area contributed by atoms with Gasteiger partial charge in [-0.15, -0.1) is 0 Å². The SMILES string of the molecule is COc1cc(Br)cc(Br)c1.COc1cc(Br)cc(C2CC2)c1.COc1cc(C2CC2)cc(C2CC2)c1.O=c1cc(COc2cc(Br)cc(C3CC3)c2)[nH][nH]1.O=c1cc(COc2cc(C3CC3)cc(C3CC3)c2)[nH][nH]1.Oc1cc(Br)cc(C2CC2)c1.Oc1cc(C2CC2)cc(C2CC2)c1.[Br-].[CH-]1CC1.[Mg+2]. The van der Waals surface area contributed by atoms with Crippen molar-refractivity contribution in [2.45, 2.75) is 195 Å². The first kappa shape index (κ1) is 80.3. The second kappa shape index (κ2) is 38.6. The summed E-state index contributed by atoms with van der Waals surface area (Å²) in [4.78, 5) is 22.0. The van der Waals surface area contributed by atoms with Crippen LogP contribution in [0.25, 0.3) is 0 Å². The molecule has 10 fully saturated rings. The average Bonchev–Trinajstić information content (AvgIpc) is 1.68. The molecular formula is C83H92Br6MgN4O9. The topological polar surface area (TPSA) is 184 Å². The van der Waals surface area contributed by atoms with Crippen molar-refractivity contribution in [3.8, 4) is 40.2 Å². The van der Waals surface area contributed by atoms with Crippen LogP contribution in [0.5, 0.6) is 40.2 Å². The largest absolute Gasteiger partial charge is 2.00 e. The third-order valence-corrected chi connectivity index (χ3v) is 21.2. The zero-order chi connectivity index (χ0) is 70.5. The van der Waals surface area contributed by atoms with E-state index in [1.165, 1.54) is 191 Å². The molecule has 10 aliphatic carbocycles. The maximum Gasteiger partial charge on any atom is 2.00 e. The Bertz CT molecular complexity index is 4210. The van der Waals surface area contributed by atoms with Crippen molar-refractivity contribution < 1.29 is 50.9 Å². The van der Waals surface area contributed by atoms with Gasteiger partial charge in [-0.2, -0.15) is 0 Å². The van der Waals surface area contributed by atoms with E-state index in [2.05, 4.69) is 179 Å². The normalized spacial score (nSPS) is 17.0. The summed E-state index contributed by atoms with van der Waals surface area (Å²) in [5, 5.41) is 29.4. The summed E-state index contributed by atoms with van der Waals surface area (Å²) < 4.78 is 32.2. The van der Waals surface area contributed by atoms with E-state index in [1.807, 2.05) is 48.5 Å². The second-order valence-electron chi connectivity index (χ2n) is 28.4. The Hall–Kier alpha value is -5.19. The predicted octanol–water partition coefficient (Wildman–Crippen LogP) is 19.8. The predicted molar refractivity (Wildman–Crippen MR) is 425 cm³/mol. The maximum absolute atomic E-state index is 11.1. The molecule has 2 aromatic heterocycles. The summed E-state index contributed by atoms with van der Waals surface area (Å²) in [6.07, 6.45) is 28.7. The van der Waals surface area contributed by atoms with Crippen LogP contribution in [0, 0.1) is 6.42 Å². The molecule has 0 unspecified atom stereocenters. The Balaban J connectivity index is 0.000000129. The van der Waals surface area contributed by atoms with Gasteiger partial charge in [0, 0.05) is 34.5 Å². The summed E-state index contributed by atoms with van der Waals surface area (Å²) in [6, 6.07) is 46.6. The number of H-pyrrole nitrogens is 4. The van der Waals surface area contributed by atoms with Crippen molar-refractivity contribution in [3.63, 3.8) is 0 Å². The van der Waals surface area contributed by atoms with Gasteiger partial charge in [0.15, 0.2) is 0 Å². The van der Waals surface area contributed by atoms with Crippen LogP contribution in [0.4, 0.5) is 0 Å². The number of phenols is 2. The molecule has 0 amide bonds. The Morgan fingerprint density at radius 1 is 0.320 bits per heavy atom. The Kier molecular flexibility index (Phi) is 30.1. The van der Waals surface area contributed by atoms with Gasteiger partial charge in [-0.1, -0.05) is 97.8 Å².